The van der Waals surface area contributed by atoms with Gasteiger partial charge >= 0.3 is 12.1 Å². The minimum Gasteiger partial charge on any atom is -0.459 e. The summed E-state index contributed by atoms with van der Waals surface area (Å²) in [4.78, 5) is 31.9. The number of esters is 1. The number of nitrogens with one attached hydrogen (secondary N) is 1. The van der Waals surface area contributed by atoms with Gasteiger partial charge in [0.1, 0.15) is 10.6 Å². The molecule has 1 aliphatic rings. The van der Waals surface area contributed by atoms with Crippen molar-refractivity contribution in [3.63, 3.8) is 0 Å². The summed E-state index contributed by atoms with van der Waals surface area (Å²) < 4.78 is 48.3. The molecule has 0 aliphatic heterocycles. The van der Waals surface area contributed by atoms with Gasteiger partial charge in [0.15, 0.2) is 11.3 Å². The first-order valence-corrected chi connectivity index (χ1v) is 14.0. The molecule has 0 spiro atoms. The molecule has 1 N–H and O–H groups in total. The average Bonchev–Trinajstić information content (AvgIpc) is 3.48. The fraction of sp³-hybridized carbons (Fsp3) is 0.379. The molecule has 0 fully saturated rings. The number of aryl methyl sites for hydroxylation is 1. The highest BCUT2D eigenvalue weighted by atomic mass is 32.1. The van der Waals surface area contributed by atoms with Gasteiger partial charge in [0.25, 0.3) is 5.91 Å². The molecule has 0 bridgehead atoms. The summed E-state index contributed by atoms with van der Waals surface area (Å²) in [6.45, 7) is 7.53. The van der Waals surface area contributed by atoms with E-state index in [1.165, 1.54) is 11.3 Å². The molecular formula is C29H29F3N4O3S. The van der Waals surface area contributed by atoms with Crippen LogP contribution in [0.3, 0.4) is 0 Å². The highest BCUT2D eigenvalue weighted by Crippen LogP contribution is 2.39. The average molecular weight is 571 g/mol. The monoisotopic (exact) mass is 570 g/mol. The van der Waals surface area contributed by atoms with Crippen LogP contribution in [0.2, 0.25) is 0 Å². The van der Waals surface area contributed by atoms with Crippen molar-refractivity contribution in [2.24, 2.45) is 0 Å². The van der Waals surface area contributed by atoms with Crippen molar-refractivity contribution >= 4 is 33.9 Å². The molecule has 0 unspecified atom stereocenters. The fourth-order valence-corrected chi connectivity index (χ4v) is 6.10. The topological polar surface area (TPSA) is 85.6 Å². The number of hydrogen-bond acceptors (Lipinski definition) is 6. The predicted octanol–water partition coefficient (Wildman–Crippen LogP) is 7.30. The zero-order valence-electron chi connectivity index (χ0n) is 22.6. The Morgan fingerprint density at radius 1 is 1.07 bits per heavy atom. The van der Waals surface area contributed by atoms with Gasteiger partial charge in [-0.3, -0.25) is 4.79 Å². The SMILES string of the molecule is CC(C)OC(=O)c1c(NC(=O)c2cnn3c(C(F)(F)F)cc(-c4ccc(C(C)C)cc4)nc23)sc2c1CCCC2. The number of halogens is 3. The quantitative estimate of drug-likeness (QED) is 0.246. The lowest BCUT2D eigenvalue weighted by molar-refractivity contribution is -0.142. The predicted molar refractivity (Wildman–Crippen MR) is 147 cm³/mol. The first kappa shape index (κ1) is 27.8. The molecule has 0 atom stereocenters. The van der Waals surface area contributed by atoms with E-state index in [-0.39, 0.29) is 28.9 Å². The number of hydrogen-bond donors (Lipinski definition) is 1. The van der Waals surface area contributed by atoms with Crippen molar-refractivity contribution < 1.29 is 27.5 Å². The molecule has 3 aromatic heterocycles. The van der Waals surface area contributed by atoms with Crippen molar-refractivity contribution in [1.29, 1.82) is 0 Å². The van der Waals surface area contributed by atoms with Crippen molar-refractivity contribution in [2.45, 2.75) is 71.6 Å². The van der Waals surface area contributed by atoms with E-state index in [0.717, 1.165) is 47.5 Å². The lowest BCUT2D eigenvalue weighted by Crippen LogP contribution is -2.18. The minimum absolute atomic E-state index is 0.0671. The van der Waals surface area contributed by atoms with Gasteiger partial charge in [0, 0.05) is 10.4 Å². The van der Waals surface area contributed by atoms with Gasteiger partial charge in [0.05, 0.1) is 23.6 Å². The van der Waals surface area contributed by atoms with Crippen LogP contribution in [-0.2, 0) is 23.8 Å². The summed E-state index contributed by atoms with van der Waals surface area (Å²) in [5.74, 6) is -0.986. The molecule has 3 heterocycles. The van der Waals surface area contributed by atoms with Gasteiger partial charge in [-0.2, -0.15) is 18.3 Å². The number of benzene rings is 1. The Balaban J connectivity index is 1.57. The minimum atomic E-state index is -4.74. The van der Waals surface area contributed by atoms with Gasteiger partial charge in [-0.1, -0.05) is 38.1 Å². The van der Waals surface area contributed by atoms with Gasteiger partial charge < -0.3 is 10.1 Å². The molecule has 4 aromatic rings. The normalized spacial score (nSPS) is 13.6. The number of alkyl halides is 3. The van der Waals surface area contributed by atoms with Crippen LogP contribution in [0.5, 0.6) is 0 Å². The number of amides is 1. The summed E-state index contributed by atoms with van der Waals surface area (Å²) in [7, 11) is 0. The molecule has 1 aromatic carbocycles. The number of aromatic nitrogens is 3. The maximum atomic E-state index is 14.1. The van der Waals surface area contributed by atoms with Crippen LogP contribution < -0.4 is 5.32 Å². The van der Waals surface area contributed by atoms with Crippen LogP contribution in [0.4, 0.5) is 18.2 Å². The van der Waals surface area contributed by atoms with Crippen molar-refractivity contribution in [2.75, 3.05) is 5.32 Å². The van der Waals surface area contributed by atoms with Crippen molar-refractivity contribution in [3.8, 4) is 11.3 Å². The third kappa shape index (κ3) is 5.34. The summed E-state index contributed by atoms with van der Waals surface area (Å²) >= 11 is 1.30. The van der Waals surface area contributed by atoms with Crippen LogP contribution in [0.15, 0.2) is 36.5 Å². The van der Waals surface area contributed by atoms with Crippen LogP contribution in [0, 0.1) is 0 Å². The van der Waals surface area contributed by atoms with E-state index in [0.29, 0.717) is 27.1 Å². The Morgan fingerprint density at radius 2 is 1.77 bits per heavy atom. The van der Waals surface area contributed by atoms with E-state index < -0.39 is 23.7 Å². The number of nitrogens with zero attached hydrogens (tertiary/aromatic N) is 3. The number of thiophene rings is 1. The highest BCUT2D eigenvalue weighted by molar-refractivity contribution is 7.17. The van der Waals surface area contributed by atoms with Crippen LogP contribution >= 0.6 is 11.3 Å². The molecule has 210 valence electrons. The molecule has 7 nitrogen and oxygen atoms in total. The Labute approximate surface area is 233 Å². The number of rotatable bonds is 6. The molecule has 1 aliphatic carbocycles. The van der Waals surface area contributed by atoms with Gasteiger partial charge in [-0.15, -0.1) is 11.3 Å². The van der Waals surface area contributed by atoms with Crippen LogP contribution in [-0.4, -0.2) is 32.6 Å². The smallest absolute Gasteiger partial charge is 0.433 e. The molecule has 0 saturated carbocycles. The van der Waals surface area contributed by atoms with E-state index in [1.807, 2.05) is 26.0 Å². The Hall–Kier alpha value is -3.73. The standard InChI is InChI=1S/C29H29F3N4O3S/c1-15(2)17-9-11-18(12-10-17)21-13-23(29(30,31)32)36-25(34-21)20(14-33-36)26(37)35-27-24(28(38)39-16(3)4)19-7-5-6-8-22(19)40-27/h9-16H,5-8H2,1-4H3,(H,35,37). The lowest BCUT2D eigenvalue weighted by atomic mass is 9.95. The van der Waals surface area contributed by atoms with Gasteiger partial charge in [0.2, 0.25) is 0 Å². The maximum absolute atomic E-state index is 14.1. The Morgan fingerprint density at radius 3 is 2.42 bits per heavy atom. The fourth-order valence-electron chi connectivity index (χ4n) is 4.82. The first-order valence-electron chi connectivity index (χ1n) is 13.2. The van der Waals surface area contributed by atoms with E-state index >= 15 is 0 Å². The third-order valence-electron chi connectivity index (χ3n) is 6.83. The van der Waals surface area contributed by atoms with Gasteiger partial charge in [-0.25, -0.2) is 14.3 Å². The highest BCUT2D eigenvalue weighted by Gasteiger charge is 2.36. The number of carbonyl (C=O) groups is 2. The Bertz CT molecular complexity index is 1590. The number of anilines is 1. The summed E-state index contributed by atoms with van der Waals surface area (Å²) in [6.07, 6.45) is -0.670. The van der Waals surface area contributed by atoms with E-state index in [2.05, 4.69) is 15.4 Å². The number of fused-ring (bicyclic) bond motifs is 2. The zero-order chi connectivity index (χ0) is 28.8. The van der Waals surface area contributed by atoms with E-state index in [9.17, 15) is 22.8 Å². The summed E-state index contributed by atoms with van der Waals surface area (Å²) in [5.41, 5.74) is 1.34. The molecule has 1 amide bonds. The van der Waals surface area contributed by atoms with E-state index in [4.69, 9.17) is 4.74 Å². The zero-order valence-corrected chi connectivity index (χ0v) is 23.4. The summed E-state index contributed by atoms with van der Waals surface area (Å²) in [5, 5.41) is 6.94. The van der Waals surface area contributed by atoms with Crippen molar-refractivity contribution in [3.05, 3.63) is 69.4 Å². The number of ether oxygens (including phenoxy) is 1. The Kier molecular flexibility index (Phi) is 7.43. The molecule has 0 saturated heterocycles. The largest absolute Gasteiger partial charge is 0.459 e. The third-order valence-corrected chi connectivity index (χ3v) is 8.03. The second-order valence-corrected chi connectivity index (χ2v) is 11.5. The van der Waals surface area contributed by atoms with Crippen LogP contribution in [0.1, 0.15) is 88.9 Å². The lowest BCUT2D eigenvalue weighted by Gasteiger charge is -2.14. The van der Waals surface area contributed by atoms with Gasteiger partial charge in [-0.05, 0) is 62.6 Å². The maximum Gasteiger partial charge on any atom is 0.433 e. The molecule has 11 heteroatoms. The second kappa shape index (κ2) is 10.7. The summed E-state index contributed by atoms with van der Waals surface area (Å²) in [6, 6.07) is 8.05. The molecular weight excluding hydrogens is 541 g/mol. The molecule has 40 heavy (non-hydrogen) atoms. The molecule has 0 radical (unpaired) electrons. The van der Waals surface area contributed by atoms with Crippen LogP contribution in [0.25, 0.3) is 16.9 Å². The van der Waals surface area contributed by atoms with E-state index in [1.54, 1.807) is 26.0 Å². The first-order chi connectivity index (χ1) is 18.9. The number of carbonyl (C=O) groups excluding carboxylic acids is 2. The van der Waals surface area contributed by atoms with Crippen molar-refractivity contribution in [1.82, 2.24) is 14.6 Å². The molecule has 5 rings (SSSR count). The second-order valence-electron chi connectivity index (χ2n) is 10.4.